The summed E-state index contributed by atoms with van der Waals surface area (Å²) in [4.78, 5) is 3.82. The highest BCUT2D eigenvalue weighted by molar-refractivity contribution is 8.13. The first-order valence-corrected chi connectivity index (χ1v) is 7.82. The Balaban J connectivity index is 2.15. The SMILES string of the molecule is COC1CCCC(n2cnc(S(=O)(=O)Cl)c2)C1. The van der Waals surface area contributed by atoms with Crippen LogP contribution in [0.5, 0.6) is 0 Å². The van der Waals surface area contributed by atoms with E-state index < -0.39 is 9.05 Å². The fourth-order valence-electron chi connectivity index (χ4n) is 2.25. The number of aromatic nitrogens is 2. The van der Waals surface area contributed by atoms with Gasteiger partial charge in [-0.25, -0.2) is 13.4 Å². The fraction of sp³-hybridized carbons (Fsp3) is 0.700. The van der Waals surface area contributed by atoms with Gasteiger partial charge in [-0.05, 0) is 25.7 Å². The van der Waals surface area contributed by atoms with E-state index in [2.05, 4.69) is 4.98 Å². The van der Waals surface area contributed by atoms with E-state index in [9.17, 15) is 8.42 Å². The maximum atomic E-state index is 11.1. The lowest BCUT2D eigenvalue weighted by atomic mass is 9.93. The molecule has 5 nitrogen and oxygen atoms in total. The Morgan fingerprint density at radius 3 is 2.88 bits per heavy atom. The third-order valence-corrected chi connectivity index (χ3v) is 4.37. The molecule has 0 N–H and O–H groups in total. The molecule has 1 saturated carbocycles. The predicted molar refractivity (Wildman–Crippen MR) is 63.6 cm³/mol. The summed E-state index contributed by atoms with van der Waals surface area (Å²) < 4.78 is 29.4. The van der Waals surface area contributed by atoms with Gasteiger partial charge in [0.15, 0.2) is 5.03 Å². The van der Waals surface area contributed by atoms with Crippen LogP contribution in [0.3, 0.4) is 0 Å². The summed E-state index contributed by atoms with van der Waals surface area (Å²) in [7, 11) is 3.21. The predicted octanol–water partition coefficient (Wildman–Crippen LogP) is 1.94. The van der Waals surface area contributed by atoms with Crippen LogP contribution >= 0.6 is 10.7 Å². The second kappa shape index (κ2) is 4.96. The average Bonchev–Trinajstić information content (AvgIpc) is 2.78. The summed E-state index contributed by atoms with van der Waals surface area (Å²) in [6.45, 7) is 0. The smallest absolute Gasteiger partial charge is 0.280 e. The Bertz CT molecular complexity index is 485. The summed E-state index contributed by atoms with van der Waals surface area (Å²) in [6, 6.07) is 0.244. The standard InChI is InChI=1S/C10H15ClN2O3S/c1-16-9-4-2-3-8(5-9)13-6-10(12-7-13)17(11,14)15/h6-9H,2-5H2,1H3. The minimum Gasteiger partial charge on any atom is -0.381 e. The Labute approximate surface area is 105 Å². The summed E-state index contributed by atoms with van der Waals surface area (Å²) in [6.07, 6.45) is 7.29. The van der Waals surface area contributed by atoms with Gasteiger partial charge in [-0.2, -0.15) is 0 Å². The van der Waals surface area contributed by atoms with Gasteiger partial charge in [-0.1, -0.05) is 0 Å². The molecule has 96 valence electrons. The highest BCUT2D eigenvalue weighted by Crippen LogP contribution is 2.30. The van der Waals surface area contributed by atoms with Crippen molar-refractivity contribution in [1.82, 2.24) is 9.55 Å². The van der Waals surface area contributed by atoms with Gasteiger partial charge in [0.1, 0.15) is 0 Å². The van der Waals surface area contributed by atoms with Crippen molar-refractivity contribution in [2.75, 3.05) is 7.11 Å². The number of hydrogen-bond donors (Lipinski definition) is 0. The molecule has 0 aliphatic heterocycles. The van der Waals surface area contributed by atoms with Gasteiger partial charge in [0, 0.05) is 30.0 Å². The Kier molecular flexibility index (Phi) is 3.75. The molecule has 0 aromatic carbocycles. The molecule has 1 fully saturated rings. The van der Waals surface area contributed by atoms with Gasteiger partial charge in [-0.15, -0.1) is 0 Å². The molecule has 0 spiro atoms. The molecule has 1 aliphatic carbocycles. The molecule has 1 aliphatic rings. The van der Waals surface area contributed by atoms with E-state index in [0.717, 1.165) is 25.7 Å². The largest absolute Gasteiger partial charge is 0.381 e. The number of nitrogens with zero attached hydrogens (tertiary/aromatic N) is 2. The Morgan fingerprint density at radius 2 is 2.29 bits per heavy atom. The van der Waals surface area contributed by atoms with E-state index in [-0.39, 0.29) is 17.2 Å². The number of methoxy groups -OCH3 is 1. The lowest BCUT2D eigenvalue weighted by Crippen LogP contribution is -2.23. The Morgan fingerprint density at radius 1 is 1.53 bits per heavy atom. The second-order valence-electron chi connectivity index (χ2n) is 4.28. The van der Waals surface area contributed by atoms with Gasteiger partial charge in [-0.3, -0.25) is 0 Å². The molecule has 1 aromatic heterocycles. The van der Waals surface area contributed by atoms with Gasteiger partial charge in [0.25, 0.3) is 9.05 Å². The third kappa shape index (κ3) is 3.00. The zero-order valence-corrected chi connectivity index (χ0v) is 11.1. The number of hydrogen-bond acceptors (Lipinski definition) is 4. The molecular formula is C10H15ClN2O3S. The molecule has 1 heterocycles. The van der Waals surface area contributed by atoms with Crippen LogP contribution in [0, 0.1) is 0 Å². The number of imidazole rings is 1. The maximum Gasteiger partial charge on any atom is 0.280 e. The summed E-state index contributed by atoms with van der Waals surface area (Å²) >= 11 is 0. The summed E-state index contributed by atoms with van der Waals surface area (Å²) in [5.74, 6) is 0. The van der Waals surface area contributed by atoms with Crippen molar-refractivity contribution in [1.29, 1.82) is 0 Å². The quantitative estimate of drug-likeness (QED) is 0.793. The van der Waals surface area contributed by atoms with Crippen LogP contribution in [0.15, 0.2) is 17.6 Å². The van der Waals surface area contributed by atoms with Gasteiger partial charge < -0.3 is 9.30 Å². The molecule has 0 bridgehead atoms. The van der Waals surface area contributed by atoms with Crippen molar-refractivity contribution in [3.8, 4) is 0 Å². The number of ether oxygens (including phenoxy) is 1. The minimum atomic E-state index is -3.73. The molecule has 17 heavy (non-hydrogen) atoms. The third-order valence-electron chi connectivity index (χ3n) is 3.18. The molecule has 1 aromatic rings. The summed E-state index contributed by atoms with van der Waals surface area (Å²) in [5.41, 5.74) is 0. The van der Waals surface area contributed by atoms with Gasteiger partial charge >= 0.3 is 0 Å². The first-order valence-electron chi connectivity index (χ1n) is 5.51. The van der Waals surface area contributed by atoms with Crippen molar-refractivity contribution in [3.05, 3.63) is 12.5 Å². The van der Waals surface area contributed by atoms with Crippen LogP contribution in [0.25, 0.3) is 0 Å². The highest BCUT2D eigenvalue weighted by atomic mass is 35.7. The molecule has 7 heteroatoms. The van der Waals surface area contributed by atoms with Crippen LogP contribution in [0.2, 0.25) is 0 Å². The van der Waals surface area contributed by atoms with Crippen molar-refractivity contribution in [2.24, 2.45) is 0 Å². The zero-order valence-electron chi connectivity index (χ0n) is 9.54. The van der Waals surface area contributed by atoms with Crippen LogP contribution in [0.4, 0.5) is 0 Å². The van der Waals surface area contributed by atoms with Crippen LogP contribution in [-0.2, 0) is 13.8 Å². The highest BCUT2D eigenvalue weighted by Gasteiger charge is 2.24. The van der Waals surface area contributed by atoms with E-state index in [1.165, 1.54) is 12.5 Å². The molecule has 2 rings (SSSR count). The molecule has 0 radical (unpaired) electrons. The first-order chi connectivity index (χ1) is 8.00. The molecule has 2 atom stereocenters. The molecule has 0 amide bonds. The minimum absolute atomic E-state index is 0.0845. The first kappa shape index (κ1) is 12.9. The average molecular weight is 279 g/mol. The maximum absolute atomic E-state index is 11.1. The molecular weight excluding hydrogens is 264 g/mol. The molecule has 2 unspecified atom stereocenters. The van der Waals surface area contributed by atoms with Crippen LogP contribution in [0.1, 0.15) is 31.7 Å². The van der Waals surface area contributed by atoms with Crippen molar-refractivity contribution in [2.45, 2.75) is 42.9 Å². The summed E-state index contributed by atoms with van der Waals surface area (Å²) in [5, 5.41) is -0.0845. The second-order valence-corrected chi connectivity index (χ2v) is 6.79. The normalized spacial score (nSPS) is 26.0. The van der Waals surface area contributed by atoms with E-state index in [4.69, 9.17) is 15.4 Å². The van der Waals surface area contributed by atoms with E-state index in [1.807, 2.05) is 4.57 Å². The van der Waals surface area contributed by atoms with Crippen LogP contribution in [-0.4, -0.2) is 31.2 Å². The number of halogens is 1. The topological polar surface area (TPSA) is 61.2 Å². The lowest BCUT2D eigenvalue weighted by molar-refractivity contribution is 0.0530. The monoisotopic (exact) mass is 278 g/mol. The number of rotatable bonds is 3. The van der Waals surface area contributed by atoms with Crippen LogP contribution < -0.4 is 0 Å². The van der Waals surface area contributed by atoms with Crippen molar-refractivity contribution < 1.29 is 13.2 Å². The van der Waals surface area contributed by atoms with Gasteiger partial charge in [0.05, 0.1) is 12.4 Å². The van der Waals surface area contributed by atoms with E-state index in [0.29, 0.717) is 0 Å². The fourth-order valence-corrected chi connectivity index (χ4v) is 2.91. The van der Waals surface area contributed by atoms with E-state index in [1.54, 1.807) is 7.11 Å². The van der Waals surface area contributed by atoms with Gasteiger partial charge in [0.2, 0.25) is 0 Å². The Hall–Kier alpha value is -0.590. The zero-order chi connectivity index (χ0) is 12.5. The molecule has 0 saturated heterocycles. The van der Waals surface area contributed by atoms with Crippen molar-refractivity contribution in [3.63, 3.8) is 0 Å². The lowest BCUT2D eigenvalue weighted by Gasteiger charge is -2.28. The van der Waals surface area contributed by atoms with E-state index >= 15 is 0 Å². The van der Waals surface area contributed by atoms with Crippen molar-refractivity contribution >= 4 is 19.7 Å².